The predicted molar refractivity (Wildman–Crippen MR) is 104 cm³/mol. The Morgan fingerprint density at radius 2 is 2.22 bits per heavy atom. The highest BCUT2D eigenvalue weighted by Crippen LogP contribution is 2.35. The molecule has 1 N–H and O–H groups in total. The van der Waals surface area contributed by atoms with Crippen molar-refractivity contribution in [3.63, 3.8) is 0 Å². The first-order valence-corrected chi connectivity index (χ1v) is 9.53. The van der Waals surface area contributed by atoms with E-state index in [1.165, 1.54) is 5.56 Å². The largest absolute Gasteiger partial charge is 0.497 e. The van der Waals surface area contributed by atoms with Crippen molar-refractivity contribution in [3.8, 4) is 17.0 Å². The van der Waals surface area contributed by atoms with Gasteiger partial charge in [0.15, 0.2) is 5.76 Å². The van der Waals surface area contributed by atoms with E-state index in [0.29, 0.717) is 5.92 Å². The fourth-order valence-corrected chi connectivity index (χ4v) is 3.75. The number of nitrogens with zero attached hydrogens (tertiary/aromatic N) is 3. The molecule has 0 bridgehead atoms. The molecule has 1 fully saturated rings. The van der Waals surface area contributed by atoms with Crippen molar-refractivity contribution in [2.75, 3.05) is 13.7 Å². The number of ether oxygens (including phenoxy) is 1. The fourth-order valence-electron chi connectivity index (χ4n) is 3.75. The molecule has 3 heterocycles. The summed E-state index contributed by atoms with van der Waals surface area (Å²) in [4.78, 5) is 2.46. The molecule has 0 amide bonds. The molecular weight excluding hydrogens is 340 g/mol. The third kappa shape index (κ3) is 3.62. The molecule has 1 atom stereocenters. The van der Waals surface area contributed by atoms with Crippen molar-refractivity contribution >= 4 is 0 Å². The molecule has 0 aliphatic carbocycles. The molecule has 0 radical (unpaired) electrons. The van der Waals surface area contributed by atoms with Crippen LogP contribution in [0.1, 0.15) is 55.7 Å². The number of likely N-dealkylation sites (tertiary alicyclic amines) is 1. The van der Waals surface area contributed by atoms with Gasteiger partial charge in [-0.15, -0.1) is 0 Å². The Morgan fingerprint density at radius 1 is 1.33 bits per heavy atom. The van der Waals surface area contributed by atoms with Crippen LogP contribution in [0, 0.1) is 0 Å². The van der Waals surface area contributed by atoms with Crippen LogP contribution in [0.15, 0.2) is 41.1 Å². The van der Waals surface area contributed by atoms with E-state index in [-0.39, 0.29) is 6.04 Å². The summed E-state index contributed by atoms with van der Waals surface area (Å²) >= 11 is 0. The smallest absolute Gasteiger partial charge is 0.154 e. The molecule has 6 heteroatoms. The van der Waals surface area contributed by atoms with Crippen LogP contribution in [-0.2, 0) is 6.54 Å². The van der Waals surface area contributed by atoms with Crippen LogP contribution < -0.4 is 4.74 Å². The minimum absolute atomic E-state index is 0.276. The van der Waals surface area contributed by atoms with E-state index in [4.69, 9.17) is 9.26 Å². The van der Waals surface area contributed by atoms with Crippen molar-refractivity contribution in [1.82, 2.24) is 20.3 Å². The van der Waals surface area contributed by atoms with Gasteiger partial charge in [-0.2, -0.15) is 5.10 Å². The molecule has 0 saturated carbocycles. The average Bonchev–Trinajstić information content (AvgIpc) is 3.42. The lowest BCUT2D eigenvalue weighted by Crippen LogP contribution is -2.22. The second-order valence-electron chi connectivity index (χ2n) is 7.44. The summed E-state index contributed by atoms with van der Waals surface area (Å²) in [6.45, 7) is 6.15. The molecule has 6 nitrogen and oxygen atoms in total. The second kappa shape index (κ2) is 7.56. The lowest BCUT2D eigenvalue weighted by Gasteiger charge is -2.22. The fraction of sp³-hybridized carbons (Fsp3) is 0.429. The molecule has 3 aromatic rings. The summed E-state index contributed by atoms with van der Waals surface area (Å²) in [6.07, 6.45) is 4.18. The Bertz CT molecular complexity index is 899. The lowest BCUT2D eigenvalue weighted by atomic mass is 10.1. The zero-order valence-electron chi connectivity index (χ0n) is 16.1. The predicted octanol–water partition coefficient (Wildman–Crippen LogP) is 4.53. The van der Waals surface area contributed by atoms with Crippen molar-refractivity contribution < 1.29 is 9.26 Å². The van der Waals surface area contributed by atoms with E-state index in [1.54, 1.807) is 7.11 Å². The van der Waals surface area contributed by atoms with Crippen molar-refractivity contribution in [2.24, 2.45) is 0 Å². The first kappa shape index (κ1) is 17.8. The molecule has 2 aromatic heterocycles. The number of rotatable bonds is 6. The van der Waals surface area contributed by atoms with E-state index < -0.39 is 0 Å². The van der Waals surface area contributed by atoms with Gasteiger partial charge in [-0.05, 0) is 37.4 Å². The van der Waals surface area contributed by atoms with Crippen molar-refractivity contribution in [2.45, 2.75) is 45.2 Å². The first-order valence-electron chi connectivity index (χ1n) is 9.53. The molecule has 4 rings (SSSR count). The zero-order chi connectivity index (χ0) is 18.8. The van der Waals surface area contributed by atoms with Gasteiger partial charge in [-0.1, -0.05) is 31.1 Å². The summed E-state index contributed by atoms with van der Waals surface area (Å²) in [5, 5.41) is 11.7. The Balaban J connectivity index is 1.56. The number of nitrogens with one attached hydrogen (secondary N) is 1. The topological polar surface area (TPSA) is 67.2 Å². The Kier molecular flexibility index (Phi) is 4.99. The number of benzene rings is 1. The number of hydrogen-bond acceptors (Lipinski definition) is 5. The van der Waals surface area contributed by atoms with E-state index in [0.717, 1.165) is 54.4 Å². The van der Waals surface area contributed by atoms with Crippen LogP contribution in [0.5, 0.6) is 5.75 Å². The highest BCUT2D eigenvalue weighted by Gasteiger charge is 2.30. The third-order valence-corrected chi connectivity index (χ3v) is 5.28. The van der Waals surface area contributed by atoms with E-state index >= 15 is 0 Å². The third-order valence-electron chi connectivity index (χ3n) is 5.28. The molecule has 1 saturated heterocycles. The standard InChI is InChI=1S/C21H26N4O2/c1-14(2)18-11-20(27-24-18)19-8-5-9-25(19)13-16-12-22-23-21(16)15-6-4-7-17(10-15)26-3/h4,6-7,10-12,14,19H,5,8-9,13H2,1-3H3,(H,22,23). The van der Waals surface area contributed by atoms with Crippen molar-refractivity contribution in [1.29, 1.82) is 0 Å². The molecule has 0 spiro atoms. The molecule has 27 heavy (non-hydrogen) atoms. The second-order valence-corrected chi connectivity index (χ2v) is 7.44. The molecule has 1 aliphatic heterocycles. The average molecular weight is 366 g/mol. The summed E-state index contributed by atoms with van der Waals surface area (Å²) in [7, 11) is 1.69. The minimum Gasteiger partial charge on any atom is -0.497 e. The zero-order valence-corrected chi connectivity index (χ0v) is 16.1. The highest BCUT2D eigenvalue weighted by molar-refractivity contribution is 5.64. The first-order chi connectivity index (χ1) is 13.2. The van der Waals surface area contributed by atoms with E-state index in [2.05, 4.69) is 46.2 Å². The van der Waals surface area contributed by atoms with E-state index in [9.17, 15) is 0 Å². The maximum atomic E-state index is 5.67. The van der Waals surface area contributed by atoms with Crippen LogP contribution >= 0.6 is 0 Å². The highest BCUT2D eigenvalue weighted by atomic mass is 16.5. The number of hydrogen-bond donors (Lipinski definition) is 1. The number of methoxy groups -OCH3 is 1. The molecule has 142 valence electrons. The van der Waals surface area contributed by atoms with Gasteiger partial charge in [0.05, 0.1) is 30.7 Å². The van der Waals surface area contributed by atoms with Gasteiger partial charge in [0.2, 0.25) is 0 Å². The monoisotopic (exact) mass is 366 g/mol. The maximum absolute atomic E-state index is 5.67. The molecular formula is C21H26N4O2. The van der Waals surface area contributed by atoms with Gasteiger partial charge in [0, 0.05) is 23.7 Å². The summed E-state index contributed by atoms with van der Waals surface area (Å²) in [5.41, 5.74) is 4.33. The van der Waals surface area contributed by atoms with Crippen LogP contribution in [0.25, 0.3) is 11.3 Å². The van der Waals surface area contributed by atoms with Crippen molar-refractivity contribution in [3.05, 3.63) is 53.5 Å². The lowest BCUT2D eigenvalue weighted by molar-refractivity contribution is 0.206. The van der Waals surface area contributed by atoms with Gasteiger partial charge in [-0.25, -0.2) is 0 Å². The SMILES string of the molecule is COc1cccc(-c2[nH]ncc2CN2CCCC2c2cc(C(C)C)no2)c1. The van der Waals surface area contributed by atoms with Crippen LogP contribution in [0.3, 0.4) is 0 Å². The molecule has 1 unspecified atom stereocenters. The van der Waals surface area contributed by atoms with Gasteiger partial charge >= 0.3 is 0 Å². The quantitative estimate of drug-likeness (QED) is 0.694. The number of aromatic nitrogens is 3. The summed E-state index contributed by atoms with van der Waals surface area (Å²) in [5.74, 6) is 2.20. The Hall–Kier alpha value is -2.60. The minimum atomic E-state index is 0.276. The van der Waals surface area contributed by atoms with Gasteiger partial charge in [-0.3, -0.25) is 10.00 Å². The van der Waals surface area contributed by atoms with E-state index in [1.807, 2.05) is 24.4 Å². The molecule has 1 aromatic carbocycles. The maximum Gasteiger partial charge on any atom is 0.154 e. The normalized spacial score (nSPS) is 17.7. The van der Waals surface area contributed by atoms with Crippen LogP contribution in [-0.4, -0.2) is 33.9 Å². The van der Waals surface area contributed by atoms with Crippen LogP contribution in [0.2, 0.25) is 0 Å². The Morgan fingerprint density at radius 3 is 3.00 bits per heavy atom. The van der Waals surface area contributed by atoms with Gasteiger partial charge in [0.25, 0.3) is 0 Å². The summed E-state index contributed by atoms with van der Waals surface area (Å²) in [6, 6.07) is 10.5. The number of aromatic amines is 1. The molecule has 1 aliphatic rings. The van der Waals surface area contributed by atoms with Gasteiger partial charge in [0.1, 0.15) is 5.75 Å². The Labute approximate surface area is 159 Å². The van der Waals surface area contributed by atoms with Gasteiger partial charge < -0.3 is 9.26 Å². The van der Waals surface area contributed by atoms with Crippen LogP contribution in [0.4, 0.5) is 0 Å². The summed E-state index contributed by atoms with van der Waals surface area (Å²) < 4.78 is 11.0. The number of H-pyrrole nitrogens is 1.